The number of aromatic hydroxyl groups is 2. The molecule has 15 nitrogen and oxygen atoms in total. The first-order valence-corrected chi connectivity index (χ1v) is 12.8. The normalized spacial score (nSPS) is 31.6. The molecule has 0 aliphatic carbocycles. The van der Waals surface area contributed by atoms with Gasteiger partial charge in [-0.3, -0.25) is 4.79 Å². The molecule has 5 rings (SSSR count). The molecule has 15 heteroatoms. The smallest absolute Gasteiger partial charge is 0.229 e. The molecule has 0 radical (unpaired) electrons. The van der Waals surface area contributed by atoms with Gasteiger partial charge < -0.3 is 69.0 Å². The van der Waals surface area contributed by atoms with Gasteiger partial charge in [0.15, 0.2) is 23.2 Å². The first kappa shape index (κ1) is 30.0. The van der Waals surface area contributed by atoms with E-state index in [2.05, 4.69) is 0 Å². The van der Waals surface area contributed by atoms with Crippen molar-refractivity contribution in [2.75, 3.05) is 20.3 Å². The zero-order chi connectivity index (χ0) is 30.3. The van der Waals surface area contributed by atoms with Gasteiger partial charge in [-0.05, 0) is 24.3 Å². The van der Waals surface area contributed by atoms with Gasteiger partial charge in [0.2, 0.25) is 12.0 Å². The van der Waals surface area contributed by atoms with Gasteiger partial charge in [0, 0.05) is 17.7 Å². The number of ether oxygens (including phenoxy) is 5. The van der Waals surface area contributed by atoms with Gasteiger partial charge in [0.05, 0.1) is 20.3 Å². The van der Waals surface area contributed by atoms with Crippen molar-refractivity contribution in [3.05, 3.63) is 46.6 Å². The summed E-state index contributed by atoms with van der Waals surface area (Å²) in [5.41, 5.74) is -0.346. The van der Waals surface area contributed by atoms with Crippen LogP contribution in [-0.4, -0.2) is 116 Å². The van der Waals surface area contributed by atoms with Crippen molar-refractivity contribution in [2.24, 2.45) is 0 Å². The number of phenolic OH excluding ortho intramolecular Hbond substituents is 2. The molecule has 2 aliphatic heterocycles. The van der Waals surface area contributed by atoms with Crippen LogP contribution in [-0.2, 0) is 14.2 Å². The van der Waals surface area contributed by atoms with Crippen LogP contribution in [0.25, 0.3) is 22.3 Å². The molecule has 0 spiro atoms. The minimum absolute atomic E-state index is 0.141. The summed E-state index contributed by atoms with van der Waals surface area (Å²) in [6.07, 6.45) is -14.6. The molecule has 3 heterocycles. The zero-order valence-corrected chi connectivity index (χ0v) is 22.0. The molecule has 3 aromatic rings. The van der Waals surface area contributed by atoms with E-state index in [1.807, 2.05) is 0 Å². The number of fused-ring (bicyclic) bond motifs is 1. The predicted octanol–water partition coefficient (Wildman–Crippen LogP) is -1.48. The fourth-order valence-corrected chi connectivity index (χ4v) is 4.67. The van der Waals surface area contributed by atoms with E-state index in [4.69, 9.17) is 28.1 Å². The van der Waals surface area contributed by atoms with Crippen LogP contribution in [0.3, 0.4) is 0 Å². The van der Waals surface area contributed by atoms with E-state index >= 15 is 0 Å². The highest BCUT2D eigenvalue weighted by Gasteiger charge is 2.47. The molecule has 42 heavy (non-hydrogen) atoms. The van der Waals surface area contributed by atoms with E-state index < -0.39 is 84.6 Å². The number of benzene rings is 2. The van der Waals surface area contributed by atoms with E-state index in [9.17, 15) is 45.6 Å². The SMILES string of the molecule is COc1ccc(-c2cc(=O)c3c(O)c(O[C@@H]4O[C@H](CO[C@@H]5OC[C@@H](O)[C@H](O)[C@H]5O)[C@@H](O)[C@H](O)[C@H]4O)c(O)cc3o2)cc1. The molecule has 2 saturated heterocycles. The lowest BCUT2D eigenvalue weighted by Crippen LogP contribution is -2.61. The number of aliphatic hydroxyl groups is 6. The fourth-order valence-electron chi connectivity index (χ4n) is 4.67. The Morgan fingerprint density at radius 2 is 1.57 bits per heavy atom. The second-order valence-electron chi connectivity index (χ2n) is 9.87. The van der Waals surface area contributed by atoms with E-state index in [1.54, 1.807) is 24.3 Å². The van der Waals surface area contributed by atoms with Gasteiger partial charge in [-0.1, -0.05) is 0 Å². The Morgan fingerprint density at radius 1 is 0.881 bits per heavy atom. The summed E-state index contributed by atoms with van der Waals surface area (Å²) in [5.74, 6) is -1.50. The quantitative estimate of drug-likeness (QED) is 0.156. The largest absolute Gasteiger partial charge is 0.504 e. The van der Waals surface area contributed by atoms with Gasteiger partial charge in [0.25, 0.3) is 0 Å². The van der Waals surface area contributed by atoms with Crippen molar-refractivity contribution in [1.29, 1.82) is 0 Å². The molecule has 0 bridgehead atoms. The highest BCUT2D eigenvalue weighted by molar-refractivity contribution is 5.89. The van der Waals surface area contributed by atoms with E-state index in [0.717, 1.165) is 12.1 Å². The van der Waals surface area contributed by atoms with Crippen molar-refractivity contribution < 1.29 is 69.0 Å². The van der Waals surface area contributed by atoms with Crippen molar-refractivity contribution in [2.45, 2.75) is 55.3 Å². The molecular formula is C27H30O15. The Bertz CT molecular complexity index is 1460. The van der Waals surface area contributed by atoms with Crippen molar-refractivity contribution in [1.82, 2.24) is 0 Å². The minimum Gasteiger partial charge on any atom is -0.504 e. The Balaban J connectivity index is 1.37. The molecule has 2 fully saturated rings. The maximum atomic E-state index is 13.0. The lowest BCUT2D eigenvalue weighted by molar-refractivity contribution is -0.307. The molecule has 8 N–H and O–H groups in total. The molecule has 228 valence electrons. The molecule has 0 amide bonds. The predicted molar refractivity (Wildman–Crippen MR) is 139 cm³/mol. The third kappa shape index (κ3) is 5.61. The van der Waals surface area contributed by atoms with Crippen LogP contribution < -0.4 is 14.9 Å². The highest BCUT2D eigenvalue weighted by Crippen LogP contribution is 2.43. The van der Waals surface area contributed by atoms with Crippen LogP contribution >= 0.6 is 0 Å². The Morgan fingerprint density at radius 3 is 2.26 bits per heavy atom. The van der Waals surface area contributed by atoms with Gasteiger partial charge in [-0.15, -0.1) is 0 Å². The molecule has 9 atom stereocenters. The average molecular weight is 595 g/mol. The van der Waals surface area contributed by atoms with Crippen LogP contribution in [0.4, 0.5) is 0 Å². The fraction of sp³-hybridized carbons (Fsp3) is 0.444. The second-order valence-corrected chi connectivity index (χ2v) is 9.87. The van der Waals surface area contributed by atoms with Crippen molar-refractivity contribution in [3.8, 4) is 34.3 Å². The summed E-state index contributed by atoms with van der Waals surface area (Å²) < 4.78 is 32.3. The molecule has 2 aliphatic rings. The topological polar surface area (TPSA) is 238 Å². The number of methoxy groups -OCH3 is 1. The summed E-state index contributed by atoms with van der Waals surface area (Å²) in [5, 5.41) is 81.8. The van der Waals surface area contributed by atoms with Crippen LogP contribution in [0.2, 0.25) is 0 Å². The Hall–Kier alpha value is -3.51. The summed E-state index contributed by atoms with van der Waals surface area (Å²) in [6, 6.07) is 8.75. The minimum atomic E-state index is -1.90. The number of rotatable bonds is 7. The van der Waals surface area contributed by atoms with Gasteiger partial charge in [-0.2, -0.15) is 0 Å². The Labute approximate surface area is 236 Å². The standard InChI is InChI=1S/C27H30O15/c1-37-11-4-2-10(3-5-11)15-6-12(28)18-16(40-15)7-13(29)25(21(18)33)42-27-24(36)22(34)20(32)17(41-27)9-39-26-23(35)19(31)14(30)8-38-26/h2-7,14,17,19-20,22-24,26-27,29-36H,8-9H2,1H3/t14-,17-,19+,20-,22+,23-,24-,26+,27+/m1/s1. The highest BCUT2D eigenvalue weighted by atomic mass is 16.7. The Kier molecular flexibility index (Phi) is 8.56. The van der Waals surface area contributed by atoms with Gasteiger partial charge in [-0.25, -0.2) is 0 Å². The first-order valence-electron chi connectivity index (χ1n) is 12.8. The molecule has 0 unspecified atom stereocenters. The lowest BCUT2D eigenvalue weighted by atomic mass is 9.99. The van der Waals surface area contributed by atoms with Crippen LogP contribution in [0, 0.1) is 0 Å². The van der Waals surface area contributed by atoms with Crippen molar-refractivity contribution >= 4 is 11.0 Å². The molecule has 0 saturated carbocycles. The first-order chi connectivity index (χ1) is 20.0. The monoisotopic (exact) mass is 594 g/mol. The van der Waals surface area contributed by atoms with Crippen LogP contribution in [0.15, 0.2) is 45.6 Å². The van der Waals surface area contributed by atoms with E-state index in [-0.39, 0.29) is 23.3 Å². The van der Waals surface area contributed by atoms with Crippen LogP contribution in [0.5, 0.6) is 23.0 Å². The summed E-state index contributed by atoms with van der Waals surface area (Å²) in [4.78, 5) is 13.0. The number of aliphatic hydroxyl groups excluding tert-OH is 6. The van der Waals surface area contributed by atoms with Gasteiger partial charge >= 0.3 is 0 Å². The molecule has 1 aromatic heterocycles. The van der Waals surface area contributed by atoms with Crippen LogP contribution in [0.1, 0.15) is 0 Å². The lowest BCUT2D eigenvalue weighted by Gasteiger charge is -2.41. The van der Waals surface area contributed by atoms with Crippen molar-refractivity contribution in [3.63, 3.8) is 0 Å². The maximum Gasteiger partial charge on any atom is 0.229 e. The third-order valence-electron chi connectivity index (χ3n) is 7.08. The summed E-state index contributed by atoms with van der Waals surface area (Å²) in [7, 11) is 1.50. The zero-order valence-electron chi connectivity index (χ0n) is 22.0. The van der Waals surface area contributed by atoms with Gasteiger partial charge in [0.1, 0.15) is 65.2 Å². The molecular weight excluding hydrogens is 564 g/mol. The third-order valence-corrected chi connectivity index (χ3v) is 7.08. The number of hydrogen-bond acceptors (Lipinski definition) is 15. The van der Waals surface area contributed by atoms with E-state index in [1.165, 1.54) is 7.11 Å². The number of phenols is 2. The van der Waals surface area contributed by atoms with E-state index in [0.29, 0.717) is 11.3 Å². The molecule has 2 aromatic carbocycles. The summed E-state index contributed by atoms with van der Waals surface area (Å²) >= 11 is 0. The number of hydrogen-bond donors (Lipinski definition) is 8. The summed E-state index contributed by atoms with van der Waals surface area (Å²) in [6.45, 7) is -0.900. The maximum absolute atomic E-state index is 13.0. The second kappa shape index (κ2) is 12.0. The average Bonchev–Trinajstić information content (AvgIpc) is 2.97.